The fraction of sp³-hybridized carbons (Fsp3) is 0.600. The highest BCUT2D eigenvalue weighted by Gasteiger charge is 2.03. The Kier molecular flexibility index (Phi) is 8.02. The second kappa shape index (κ2) is 9.64. The van der Waals surface area contributed by atoms with Crippen LogP contribution in [0.2, 0.25) is 0 Å². The summed E-state index contributed by atoms with van der Waals surface area (Å²) in [7, 11) is 1.70. The lowest BCUT2D eigenvalue weighted by atomic mass is 10.3. The van der Waals surface area contributed by atoms with Crippen LogP contribution in [0.25, 0.3) is 0 Å². The highest BCUT2D eigenvalue weighted by molar-refractivity contribution is 5.31. The van der Waals surface area contributed by atoms with Gasteiger partial charge in [-0.25, -0.2) is 0 Å². The zero-order valence-electron chi connectivity index (χ0n) is 12.1. The molecule has 0 fully saturated rings. The molecule has 0 aliphatic heterocycles. The number of benzene rings is 1. The molecule has 0 radical (unpaired) electrons. The lowest BCUT2D eigenvalue weighted by Crippen LogP contribution is -2.31. The summed E-state index contributed by atoms with van der Waals surface area (Å²) in [6.07, 6.45) is 1.14. The first kappa shape index (κ1) is 15.8. The van der Waals surface area contributed by atoms with Crippen LogP contribution in [0.1, 0.15) is 20.3 Å². The molecule has 19 heavy (non-hydrogen) atoms. The van der Waals surface area contributed by atoms with Crippen LogP contribution in [0.4, 0.5) is 0 Å². The number of hydrogen-bond donors (Lipinski definition) is 1. The van der Waals surface area contributed by atoms with Crippen LogP contribution in [0.15, 0.2) is 24.3 Å². The van der Waals surface area contributed by atoms with Gasteiger partial charge in [0.1, 0.15) is 17.6 Å². The van der Waals surface area contributed by atoms with Gasteiger partial charge in [-0.05, 0) is 37.6 Å². The molecule has 0 amide bonds. The minimum atomic E-state index is 0.124. The molecule has 1 unspecified atom stereocenters. The van der Waals surface area contributed by atoms with Crippen molar-refractivity contribution in [1.82, 2.24) is 5.32 Å². The van der Waals surface area contributed by atoms with Crippen molar-refractivity contribution in [1.29, 1.82) is 0 Å². The minimum Gasteiger partial charge on any atom is -0.494 e. The van der Waals surface area contributed by atoms with Crippen LogP contribution in [0.5, 0.6) is 11.5 Å². The average molecular weight is 267 g/mol. The van der Waals surface area contributed by atoms with Crippen molar-refractivity contribution in [2.24, 2.45) is 0 Å². The summed E-state index contributed by atoms with van der Waals surface area (Å²) < 4.78 is 16.3. The molecule has 0 aromatic heterocycles. The second-order valence-corrected chi connectivity index (χ2v) is 4.45. The fourth-order valence-corrected chi connectivity index (χ4v) is 1.59. The van der Waals surface area contributed by atoms with Gasteiger partial charge in [-0.1, -0.05) is 6.92 Å². The number of rotatable bonds is 10. The van der Waals surface area contributed by atoms with Crippen LogP contribution in [-0.2, 0) is 4.74 Å². The van der Waals surface area contributed by atoms with E-state index in [9.17, 15) is 0 Å². The summed E-state index contributed by atoms with van der Waals surface area (Å²) in [5.74, 6) is 1.75. The normalized spacial score (nSPS) is 12.2. The molecule has 0 heterocycles. The summed E-state index contributed by atoms with van der Waals surface area (Å²) in [6.45, 7) is 7.25. The van der Waals surface area contributed by atoms with Crippen LogP contribution >= 0.6 is 0 Å². The SMILES string of the molecule is CCCOc1ccc(OC(C)CNCCOC)cc1. The maximum absolute atomic E-state index is 5.80. The van der Waals surface area contributed by atoms with Gasteiger partial charge in [0, 0.05) is 20.2 Å². The Labute approximate surface area is 116 Å². The van der Waals surface area contributed by atoms with Crippen molar-refractivity contribution in [3.8, 4) is 11.5 Å². The Morgan fingerprint density at radius 1 is 1.11 bits per heavy atom. The molecule has 0 aliphatic carbocycles. The predicted molar refractivity (Wildman–Crippen MR) is 77.1 cm³/mol. The first-order chi connectivity index (χ1) is 9.26. The van der Waals surface area contributed by atoms with Crippen molar-refractivity contribution < 1.29 is 14.2 Å². The molecule has 0 saturated carbocycles. The largest absolute Gasteiger partial charge is 0.494 e. The molecule has 1 aromatic carbocycles. The molecule has 4 heteroatoms. The molecule has 0 spiro atoms. The van der Waals surface area contributed by atoms with Crippen molar-refractivity contribution in [2.45, 2.75) is 26.4 Å². The number of hydrogen-bond acceptors (Lipinski definition) is 4. The van der Waals surface area contributed by atoms with Gasteiger partial charge in [0.15, 0.2) is 0 Å². The van der Waals surface area contributed by atoms with E-state index in [0.717, 1.165) is 44.2 Å². The van der Waals surface area contributed by atoms with E-state index in [2.05, 4.69) is 12.2 Å². The summed E-state index contributed by atoms with van der Waals surface area (Å²) in [6, 6.07) is 7.76. The maximum Gasteiger partial charge on any atom is 0.120 e. The quantitative estimate of drug-likeness (QED) is 0.661. The standard InChI is InChI=1S/C15H25NO3/c1-4-10-18-14-5-7-15(8-6-14)19-13(2)12-16-9-11-17-3/h5-8,13,16H,4,9-12H2,1-3H3. The molecule has 0 aliphatic rings. The van der Waals surface area contributed by atoms with E-state index in [1.807, 2.05) is 31.2 Å². The third-order valence-corrected chi connectivity index (χ3v) is 2.55. The maximum atomic E-state index is 5.80. The van der Waals surface area contributed by atoms with Gasteiger partial charge in [0.05, 0.1) is 13.2 Å². The number of ether oxygens (including phenoxy) is 3. The first-order valence-electron chi connectivity index (χ1n) is 6.85. The Morgan fingerprint density at radius 2 is 1.79 bits per heavy atom. The van der Waals surface area contributed by atoms with E-state index in [1.165, 1.54) is 0 Å². The van der Waals surface area contributed by atoms with Crippen LogP contribution in [-0.4, -0.2) is 39.5 Å². The van der Waals surface area contributed by atoms with Crippen LogP contribution in [0.3, 0.4) is 0 Å². The molecule has 0 bridgehead atoms. The fourth-order valence-electron chi connectivity index (χ4n) is 1.59. The van der Waals surface area contributed by atoms with Gasteiger partial charge in [-0.15, -0.1) is 0 Å². The first-order valence-corrected chi connectivity index (χ1v) is 6.85. The average Bonchev–Trinajstić information content (AvgIpc) is 2.43. The highest BCUT2D eigenvalue weighted by Crippen LogP contribution is 2.18. The van der Waals surface area contributed by atoms with E-state index in [-0.39, 0.29) is 6.10 Å². The predicted octanol–water partition coefficient (Wildman–Crippen LogP) is 2.48. The molecule has 1 rings (SSSR count). The molecule has 1 aromatic rings. The van der Waals surface area contributed by atoms with Gasteiger partial charge in [-0.3, -0.25) is 0 Å². The molecule has 1 N–H and O–H groups in total. The van der Waals surface area contributed by atoms with E-state index in [1.54, 1.807) is 7.11 Å². The Morgan fingerprint density at radius 3 is 2.42 bits per heavy atom. The molecular weight excluding hydrogens is 242 g/mol. The van der Waals surface area contributed by atoms with Crippen LogP contribution in [0, 0.1) is 0 Å². The highest BCUT2D eigenvalue weighted by atomic mass is 16.5. The lowest BCUT2D eigenvalue weighted by molar-refractivity contribution is 0.184. The summed E-state index contributed by atoms with van der Waals surface area (Å²) in [5, 5.41) is 3.27. The van der Waals surface area contributed by atoms with Gasteiger partial charge in [0.25, 0.3) is 0 Å². The zero-order valence-corrected chi connectivity index (χ0v) is 12.1. The number of nitrogens with one attached hydrogen (secondary N) is 1. The Bertz CT molecular complexity index is 327. The third kappa shape index (κ3) is 7.03. The van der Waals surface area contributed by atoms with Crippen LogP contribution < -0.4 is 14.8 Å². The monoisotopic (exact) mass is 267 g/mol. The number of methoxy groups -OCH3 is 1. The summed E-state index contributed by atoms with van der Waals surface area (Å²) >= 11 is 0. The molecular formula is C15H25NO3. The van der Waals surface area contributed by atoms with Gasteiger partial charge in [0.2, 0.25) is 0 Å². The van der Waals surface area contributed by atoms with Crippen molar-refractivity contribution >= 4 is 0 Å². The zero-order chi connectivity index (χ0) is 13.9. The summed E-state index contributed by atoms with van der Waals surface area (Å²) in [4.78, 5) is 0. The molecule has 108 valence electrons. The van der Waals surface area contributed by atoms with E-state index < -0.39 is 0 Å². The minimum absolute atomic E-state index is 0.124. The van der Waals surface area contributed by atoms with Gasteiger partial charge < -0.3 is 19.5 Å². The van der Waals surface area contributed by atoms with Crippen molar-refractivity contribution in [3.63, 3.8) is 0 Å². The lowest BCUT2D eigenvalue weighted by Gasteiger charge is -2.15. The smallest absolute Gasteiger partial charge is 0.120 e. The van der Waals surface area contributed by atoms with Crippen molar-refractivity contribution in [3.05, 3.63) is 24.3 Å². The Hall–Kier alpha value is -1.26. The van der Waals surface area contributed by atoms with Crippen molar-refractivity contribution in [2.75, 3.05) is 33.4 Å². The van der Waals surface area contributed by atoms with E-state index >= 15 is 0 Å². The summed E-state index contributed by atoms with van der Waals surface area (Å²) in [5.41, 5.74) is 0. The third-order valence-electron chi connectivity index (χ3n) is 2.55. The second-order valence-electron chi connectivity index (χ2n) is 4.45. The molecule has 1 atom stereocenters. The van der Waals surface area contributed by atoms with Gasteiger partial charge >= 0.3 is 0 Å². The molecule has 4 nitrogen and oxygen atoms in total. The Balaban J connectivity index is 2.27. The van der Waals surface area contributed by atoms with E-state index in [0.29, 0.717) is 0 Å². The van der Waals surface area contributed by atoms with E-state index in [4.69, 9.17) is 14.2 Å². The molecule has 0 saturated heterocycles. The van der Waals surface area contributed by atoms with Gasteiger partial charge in [-0.2, -0.15) is 0 Å². The topological polar surface area (TPSA) is 39.7 Å².